The molecule has 1 fully saturated rings. The Morgan fingerprint density at radius 1 is 1.31 bits per heavy atom. The number of aliphatic hydroxyl groups is 2. The zero-order valence-corrected chi connectivity index (χ0v) is 9.26. The molecule has 1 aromatic carbocycles. The summed E-state index contributed by atoms with van der Waals surface area (Å²) in [6.07, 6.45) is -0.618. The topological polar surface area (TPSA) is 61.7 Å². The van der Waals surface area contributed by atoms with Crippen LogP contribution in [-0.4, -0.2) is 42.1 Å². The van der Waals surface area contributed by atoms with Gasteiger partial charge in [0.25, 0.3) is 0 Å². The Morgan fingerprint density at radius 2 is 2.00 bits per heavy atom. The molecule has 4 heteroatoms. The van der Waals surface area contributed by atoms with Crippen molar-refractivity contribution in [2.24, 2.45) is 0 Å². The van der Waals surface area contributed by atoms with Crippen LogP contribution < -0.4 is 10.1 Å². The van der Waals surface area contributed by atoms with Gasteiger partial charge in [-0.15, -0.1) is 0 Å². The largest absolute Gasteiger partial charge is 0.497 e. The molecule has 0 aromatic heterocycles. The maximum Gasteiger partial charge on any atom is 0.118 e. The van der Waals surface area contributed by atoms with E-state index in [2.05, 4.69) is 5.32 Å². The monoisotopic (exact) mass is 223 g/mol. The minimum atomic E-state index is -0.679. The van der Waals surface area contributed by atoms with E-state index in [9.17, 15) is 10.2 Å². The maximum absolute atomic E-state index is 9.68. The van der Waals surface area contributed by atoms with E-state index >= 15 is 0 Å². The molecule has 0 bridgehead atoms. The summed E-state index contributed by atoms with van der Waals surface area (Å²) in [6.45, 7) is 0.460. The number of nitrogens with one attached hydrogen (secondary N) is 1. The van der Waals surface area contributed by atoms with Crippen molar-refractivity contribution in [3.63, 3.8) is 0 Å². The molecule has 0 amide bonds. The van der Waals surface area contributed by atoms with Crippen LogP contribution in [0.3, 0.4) is 0 Å². The molecule has 1 heterocycles. The first-order valence-electron chi connectivity index (χ1n) is 5.43. The summed E-state index contributed by atoms with van der Waals surface area (Å²) in [5, 5.41) is 22.2. The van der Waals surface area contributed by atoms with Crippen molar-refractivity contribution in [2.75, 3.05) is 13.7 Å². The van der Waals surface area contributed by atoms with Crippen LogP contribution >= 0.6 is 0 Å². The van der Waals surface area contributed by atoms with Gasteiger partial charge in [-0.2, -0.15) is 0 Å². The predicted molar refractivity (Wildman–Crippen MR) is 60.5 cm³/mol. The number of rotatable bonds is 3. The molecular weight excluding hydrogens is 206 g/mol. The fourth-order valence-electron chi connectivity index (χ4n) is 1.99. The van der Waals surface area contributed by atoms with Crippen LogP contribution in [0.15, 0.2) is 24.3 Å². The summed E-state index contributed by atoms with van der Waals surface area (Å²) < 4.78 is 5.07. The van der Waals surface area contributed by atoms with Crippen LogP contribution in [0.4, 0.5) is 0 Å². The van der Waals surface area contributed by atoms with Gasteiger partial charge in [0.15, 0.2) is 0 Å². The average Bonchev–Trinajstić information content (AvgIpc) is 2.62. The molecule has 0 saturated carbocycles. The normalized spacial score (nSPS) is 29.3. The summed E-state index contributed by atoms with van der Waals surface area (Å²) in [7, 11) is 1.63. The van der Waals surface area contributed by atoms with Crippen molar-refractivity contribution < 1.29 is 14.9 Å². The minimum Gasteiger partial charge on any atom is -0.497 e. The number of β-amino-alcohol motifs (C(OH)–C–C–N with tert-alkyl or cyclic N) is 1. The van der Waals surface area contributed by atoms with E-state index in [0.717, 1.165) is 11.3 Å². The molecule has 0 radical (unpaired) electrons. The highest BCUT2D eigenvalue weighted by Gasteiger charge is 2.32. The molecule has 0 aliphatic carbocycles. The number of hydrogen-bond donors (Lipinski definition) is 3. The van der Waals surface area contributed by atoms with Crippen molar-refractivity contribution in [1.29, 1.82) is 0 Å². The van der Waals surface area contributed by atoms with E-state index in [1.165, 1.54) is 0 Å². The first-order valence-corrected chi connectivity index (χ1v) is 5.43. The van der Waals surface area contributed by atoms with Crippen molar-refractivity contribution in [2.45, 2.75) is 24.7 Å². The van der Waals surface area contributed by atoms with Gasteiger partial charge in [-0.1, -0.05) is 12.1 Å². The Bertz CT molecular complexity index is 339. The van der Waals surface area contributed by atoms with Gasteiger partial charge in [-0.05, 0) is 24.1 Å². The highest BCUT2D eigenvalue weighted by atomic mass is 16.5. The van der Waals surface area contributed by atoms with E-state index in [1.807, 2.05) is 24.3 Å². The molecule has 3 N–H and O–H groups in total. The summed E-state index contributed by atoms with van der Waals surface area (Å²) >= 11 is 0. The number of hydrogen-bond acceptors (Lipinski definition) is 4. The zero-order chi connectivity index (χ0) is 11.5. The SMILES string of the molecule is COc1ccc(C[C@@H]2NC[C@@H](O)[C@H]2O)cc1. The van der Waals surface area contributed by atoms with Gasteiger partial charge in [0.1, 0.15) is 5.75 Å². The van der Waals surface area contributed by atoms with Gasteiger partial charge in [-0.25, -0.2) is 0 Å². The first kappa shape index (κ1) is 11.4. The molecule has 0 unspecified atom stereocenters. The second kappa shape index (κ2) is 4.82. The number of ether oxygens (including phenoxy) is 1. The number of methoxy groups -OCH3 is 1. The van der Waals surface area contributed by atoms with Crippen LogP contribution in [-0.2, 0) is 6.42 Å². The molecule has 1 aliphatic rings. The number of benzene rings is 1. The Morgan fingerprint density at radius 3 is 2.50 bits per heavy atom. The third-order valence-electron chi connectivity index (χ3n) is 3.01. The fraction of sp³-hybridized carbons (Fsp3) is 0.500. The summed E-state index contributed by atoms with van der Waals surface area (Å²) in [5.74, 6) is 0.823. The standard InChI is InChI=1S/C12H17NO3/c1-16-9-4-2-8(3-5-9)6-10-12(15)11(14)7-13-10/h2-5,10-15H,6-7H2,1H3/t10-,11+,12-/m0/s1. The molecule has 2 rings (SSSR count). The van der Waals surface area contributed by atoms with E-state index in [1.54, 1.807) is 7.11 Å². The summed E-state index contributed by atoms with van der Waals surface area (Å²) in [6, 6.07) is 7.67. The fourth-order valence-corrected chi connectivity index (χ4v) is 1.99. The van der Waals surface area contributed by atoms with Gasteiger partial charge in [0.05, 0.1) is 19.3 Å². The van der Waals surface area contributed by atoms with Gasteiger partial charge < -0.3 is 20.3 Å². The zero-order valence-electron chi connectivity index (χ0n) is 9.26. The van der Waals surface area contributed by atoms with Crippen LogP contribution in [0.25, 0.3) is 0 Å². The quantitative estimate of drug-likeness (QED) is 0.671. The second-order valence-corrected chi connectivity index (χ2v) is 4.12. The highest BCUT2D eigenvalue weighted by Crippen LogP contribution is 2.16. The molecule has 88 valence electrons. The maximum atomic E-state index is 9.68. The van der Waals surface area contributed by atoms with Crippen molar-refractivity contribution in [1.82, 2.24) is 5.32 Å². The Labute approximate surface area is 94.9 Å². The van der Waals surface area contributed by atoms with Gasteiger partial charge in [0, 0.05) is 12.6 Å². The second-order valence-electron chi connectivity index (χ2n) is 4.12. The average molecular weight is 223 g/mol. The Kier molecular flexibility index (Phi) is 3.43. The molecule has 3 atom stereocenters. The molecule has 16 heavy (non-hydrogen) atoms. The van der Waals surface area contributed by atoms with E-state index in [4.69, 9.17) is 4.74 Å². The van der Waals surface area contributed by atoms with Crippen molar-refractivity contribution in [3.8, 4) is 5.75 Å². The lowest BCUT2D eigenvalue weighted by molar-refractivity contribution is 0.0408. The highest BCUT2D eigenvalue weighted by molar-refractivity contribution is 5.28. The van der Waals surface area contributed by atoms with E-state index in [-0.39, 0.29) is 6.04 Å². The number of aliphatic hydroxyl groups excluding tert-OH is 2. The van der Waals surface area contributed by atoms with E-state index in [0.29, 0.717) is 13.0 Å². The van der Waals surface area contributed by atoms with Crippen LogP contribution in [0.5, 0.6) is 5.75 Å². The van der Waals surface area contributed by atoms with E-state index < -0.39 is 12.2 Å². The van der Waals surface area contributed by atoms with Crippen molar-refractivity contribution in [3.05, 3.63) is 29.8 Å². The minimum absolute atomic E-state index is 0.0663. The van der Waals surface area contributed by atoms with Gasteiger partial charge in [-0.3, -0.25) is 0 Å². The summed E-state index contributed by atoms with van der Waals surface area (Å²) in [5.41, 5.74) is 1.12. The lowest BCUT2D eigenvalue weighted by atomic mass is 10.0. The van der Waals surface area contributed by atoms with Crippen molar-refractivity contribution >= 4 is 0 Å². The third-order valence-corrected chi connectivity index (χ3v) is 3.01. The molecule has 1 saturated heterocycles. The molecule has 4 nitrogen and oxygen atoms in total. The van der Waals surface area contributed by atoms with Crippen LogP contribution in [0, 0.1) is 0 Å². The van der Waals surface area contributed by atoms with Crippen LogP contribution in [0.1, 0.15) is 5.56 Å². The molecular formula is C12H17NO3. The molecule has 1 aliphatic heterocycles. The molecule has 0 spiro atoms. The van der Waals surface area contributed by atoms with Gasteiger partial charge in [0.2, 0.25) is 0 Å². The first-order chi connectivity index (χ1) is 7.70. The predicted octanol–water partition coefficient (Wildman–Crippen LogP) is -0.0687. The Hall–Kier alpha value is -1.10. The summed E-state index contributed by atoms with van der Waals surface area (Å²) in [4.78, 5) is 0. The van der Waals surface area contributed by atoms with Gasteiger partial charge >= 0.3 is 0 Å². The third kappa shape index (κ3) is 2.35. The lowest BCUT2D eigenvalue weighted by Gasteiger charge is -2.16. The smallest absolute Gasteiger partial charge is 0.118 e. The lowest BCUT2D eigenvalue weighted by Crippen LogP contribution is -2.34. The Balaban J connectivity index is 1.98. The molecule has 1 aromatic rings. The van der Waals surface area contributed by atoms with Crippen LogP contribution in [0.2, 0.25) is 0 Å².